The molecule has 88 valence electrons. The van der Waals surface area contributed by atoms with Gasteiger partial charge < -0.3 is 9.47 Å². The molecular formula is C11H11F3O2. The van der Waals surface area contributed by atoms with Gasteiger partial charge in [0.15, 0.2) is 5.60 Å². The van der Waals surface area contributed by atoms with Gasteiger partial charge in [0.1, 0.15) is 5.75 Å². The second-order valence-corrected chi connectivity index (χ2v) is 3.66. The van der Waals surface area contributed by atoms with Gasteiger partial charge in [0.2, 0.25) is 0 Å². The van der Waals surface area contributed by atoms with Crippen molar-refractivity contribution < 1.29 is 22.6 Å². The van der Waals surface area contributed by atoms with Crippen molar-refractivity contribution >= 4 is 0 Å². The Balaban J connectivity index is 2.41. The van der Waals surface area contributed by atoms with Gasteiger partial charge in [-0.2, -0.15) is 13.2 Å². The second kappa shape index (κ2) is 3.66. The molecule has 1 fully saturated rings. The first-order valence-electron chi connectivity index (χ1n) is 4.85. The van der Waals surface area contributed by atoms with Crippen molar-refractivity contribution in [3.63, 3.8) is 0 Å². The van der Waals surface area contributed by atoms with E-state index in [-0.39, 0.29) is 18.6 Å². The van der Waals surface area contributed by atoms with E-state index in [0.29, 0.717) is 5.75 Å². The molecule has 0 saturated carbocycles. The number of rotatable bonds is 2. The maximum Gasteiger partial charge on any atom is 0.421 e. The number of ether oxygens (including phenoxy) is 2. The Labute approximate surface area is 91.0 Å². The number of hydrogen-bond donors (Lipinski definition) is 0. The van der Waals surface area contributed by atoms with Crippen LogP contribution in [0.4, 0.5) is 13.2 Å². The quantitative estimate of drug-likeness (QED) is 0.780. The maximum atomic E-state index is 12.9. The number of methoxy groups -OCH3 is 1. The summed E-state index contributed by atoms with van der Waals surface area (Å²) in [6.07, 6.45) is -4.43. The Morgan fingerprint density at radius 3 is 2.50 bits per heavy atom. The summed E-state index contributed by atoms with van der Waals surface area (Å²) in [7, 11) is 1.42. The SMILES string of the molecule is COc1cccc(C2(C(F)(F)F)CCO2)c1. The molecule has 0 spiro atoms. The molecule has 0 bridgehead atoms. The molecule has 1 aliphatic rings. The van der Waals surface area contributed by atoms with Crippen LogP contribution < -0.4 is 4.74 Å². The minimum atomic E-state index is -4.39. The van der Waals surface area contributed by atoms with Crippen LogP contribution in [0.5, 0.6) is 5.75 Å². The zero-order valence-corrected chi connectivity index (χ0v) is 8.67. The van der Waals surface area contributed by atoms with Crippen LogP contribution in [0.2, 0.25) is 0 Å². The third-order valence-corrected chi connectivity index (χ3v) is 2.80. The molecular weight excluding hydrogens is 221 g/mol. The largest absolute Gasteiger partial charge is 0.497 e. The van der Waals surface area contributed by atoms with E-state index in [4.69, 9.17) is 9.47 Å². The molecule has 2 rings (SSSR count). The molecule has 16 heavy (non-hydrogen) atoms. The fraction of sp³-hybridized carbons (Fsp3) is 0.455. The number of halogens is 3. The van der Waals surface area contributed by atoms with E-state index >= 15 is 0 Å². The van der Waals surface area contributed by atoms with Crippen LogP contribution in [0.25, 0.3) is 0 Å². The van der Waals surface area contributed by atoms with Crippen LogP contribution in [0.3, 0.4) is 0 Å². The van der Waals surface area contributed by atoms with E-state index in [2.05, 4.69) is 0 Å². The highest BCUT2D eigenvalue weighted by molar-refractivity contribution is 5.34. The van der Waals surface area contributed by atoms with E-state index in [1.54, 1.807) is 6.07 Å². The van der Waals surface area contributed by atoms with Crippen LogP contribution in [0.15, 0.2) is 24.3 Å². The van der Waals surface area contributed by atoms with Gasteiger partial charge in [-0.1, -0.05) is 12.1 Å². The van der Waals surface area contributed by atoms with E-state index in [1.807, 2.05) is 0 Å². The average Bonchev–Trinajstić information content (AvgIpc) is 2.14. The molecule has 0 aromatic heterocycles. The fourth-order valence-corrected chi connectivity index (χ4v) is 1.80. The first-order chi connectivity index (χ1) is 7.49. The summed E-state index contributed by atoms with van der Waals surface area (Å²) in [4.78, 5) is 0. The van der Waals surface area contributed by atoms with Crippen LogP contribution in [0.1, 0.15) is 12.0 Å². The van der Waals surface area contributed by atoms with Crippen molar-refractivity contribution in [3.8, 4) is 5.75 Å². The van der Waals surface area contributed by atoms with E-state index in [0.717, 1.165) is 0 Å². The van der Waals surface area contributed by atoms with Crippen molar-refractivity contribution in [1.29, 1.82) is 0 Å². The van der Waals surface area contributed by atoms with Crippen molar-refractivity contribution in [2.75, 3.05) is 13.7 Å². The van der Waals surface area contributed by atoms with E-state index in [1.165, 1.54) is 25.3 Å². The molecule has 0 radical (unpaired) electrons. The highest BCUT2D eigenvalue weighted by Gasteiger charge is 2.61. The second-order valence-electron chi connectivity index (χ2n) is 3.66. The van der Waals surface area contributed by atoms with Gasteiger partial charge in [0.05, 0.1) is 13.7 Å². The number of benzene rings is 1. The lowest BCUT2D eigenvalue weighted by atomic mass is 9.85. The lowest BCUT2D eigenvalue weighted by Gasteiger charge is -2.43. The van der Waals surface area contributed by atoms with Gasteiger partial charge in [0.25, 0.3) is 0 Å². The van der Waals surface area contributed by atoms with Crippen LogP contribution in [-0.4, -0.2) is 19.9 Å². The summed E-state index contributed by atoms with van der Waals surface area (Å²) < 4.78 is 48.4. The Morgan fingerprint density at radius 1 is 1.38 bits per heavy atom. The highest BCUT2D eigenvalue weighted by Crippen LogP contribution is 2.50. The summed E-state index contributed by atoms with van der Waals surface area (Å²) >= 11 is 0. The smallest absolute Gasteiger partial charge is 0.421 e. The van der Waals surface area contributed by atoms with Gasteiger partial charge in [-0.15, -0.1) is 0 Å². The number of alkyl halides is 3. The Kier molecular flexibility index (Phi) is 2.58. The molecule has 5 heteroatoms. The predicted molar refractivity (Wildman–Crippen MR) is 51.3 cm³/mol. The van der Waals surface area contributed by atoms with E-state index in [9.17, 15) is 13.2 Å². The first-order valence-corrected chi connectivity index (χ1v) is 4.85. The molecule has 1 unspecified atom stereocenters. The van der Waals surface area contributed by atoms with Gasteiger partial charge in [-0.3, -0.25) is 0 Å². The lowest BCUT2D eigenvalue weighted by molar-refractivity contribution is -0.333. The summed E-state index contributed by atoms with van der Waals surface area (Å²) in [5, 5.41) is 0. The van der Waals surface area contributed by atoms with Crippen molar-refractivity contribution in [2.24, 2.45) is 0 Å². The minimum absolute atomic E-state index is 0.0380. The maximum absolute atomic E-state index is 12.9. The Morgan fingerprint density at radius 2 is 2.06 bits per heavy atom. The zero-order valence-electron chi connectivity index (χ0n) is 8.67. The monoisotopic (exact) mass is 232 g/mol. The molecule has 0 N–H and O–H groups in total. The fourth-order valence-electron chi connectivity index (χ4n) is 1.80. The molecule has 0 amide bonds. The van der Waals surface area contributed by atoms with Gasteiger partial charge in [0, 0.05) is 6.42 Å². The normalized spacial score (nSPS) is 25.0. The summed E-state index contributed by atoms with van der Waals surface area (Å²) in [5.74, 6) is 0.400. The van der Waals surface area contributed by atoms with Gasteiger partial charge in [-0.05, 0) is 17.7 Å². The predicted octanol–water partition coefficient (Wildman–Crippen LogP) is 2.87. The zero-order chi connectivity index (χ0) is 11.8. The molecule has 1 aromatic carbocycles. The van der Waals surface area contributed by atoms with Crippen LogP contribution >= 0.6 is 0 Å². The minimum Gasteiger partial charge on any atom is -0.497 e. The third-order valence-electron chi connectivity index (χ3n) is 2.80. The van der Waals surface area contributed by atoms with Crippen molar-refractivity contribution in [2.45, 2.75) is 18.2 Å². The van der Waals surface area contributed by atoms with Crippen LogP contribution in [-0.2, 0) is 10.3 Å². The topological polar surface area (TPSA) is 18.5 Å². The number of hydrogen-bond acceptors (Lipinski definition) is 2. The Hall–Kier alpha value is -1.23. The Bertz CT molecular complexity index is 383. The summed E-state index contributed by atoms with van der Waals surface area (Å²) in [6, 6.07) is 5.91. The average molecular weight is 232 g/mol. The van der Waals surface area contributed by atoms with Gasteiger partial charge >= 0.3 is 6.18 Å². The molecule has 2 nitrogen and oxygen atoms in total. The summed E-state index contributed by atoms with van der Waals surface area (Å²) in [6.45, 7) is 0.136. The molecule has 1 aromatic rings. The molecule has 1 saturated heterocycles. The van der Waals surface area contributed by atoms with Crippen molar-refractivity contribution in [1.82, 2.24) is 0 Å². The van der Waals surface area contributed by atoms with Crippen molar-refractivity contribution in [3.05, 3.63) is 29.8 Å². The first kappa shape index (κ1) is 11.3. The highest BCUT2D eigenvalue weighted by atomic mass is 19.4. The lowest BCUT2D eigenvalue weighted by Crippen LogP contribution is -2.52. The third kappa shape index (κ3) is 1.55. The molecule has 1 atom stereocenters. The molecule has 0 aliphatic carbocycles. The van der Waals surface area contributed by atoms with Gasteiger partial charge in [-0.25, -0.2) is 0 Å². The summed E-state index contributed by atoms with van der Waals surface area (Å²) in [5.41, 5.74) is -2.03. The molecule has 1 heterocycles. The standard InChI is InChI=1S/C11H11F3O2/c1-15-9-4-2-3-8(7-9)10(5-6-16-10)11(12,13)14/h2-4,7H,5-6H2,1H3. The molecule has 1 aliphatic heterocycles. The van der Waals surface area contributed by atoms with E-state index < -0.39 is 11.8 Å². The van der Waals surface area contributed by atoms with Crippen LogP contribution in [0, 0.1) is 0 Å².